The van der Waals surface area contributed by atoms with Crippen LogP contribution in [0.2, 0.25) is 0 Å². The van der Waals surface area contributed by atoms with Crippen LogP contribution < -0.4 is 15.2 Å². The molecule has 60 heavy (non-hydrogen) atoms. The van der Waals surface area contributed by atoms with Gasteiger partial charge in [0, 0.05) is 41.5 Å². The molecule has 4 heteroatoms. The number of hydrogen-bond acceptors (Lipinski definition) is 3. The predicted molar refractivity (Wildman–Crippen MR) is 264 cm³/mol. The number of nitrogen functional groups attached to an aromatic ring is 1. The Morgan fingerprint density at radius 1 is 0.567 bits per heavy atom. The Kier molecular flexibility index (Phi) is 24.9. The molecule has 0 spiro atoms. The summed E-state index contributed by atoms with van der Waals surface area (Å²) in [6.45, 7) is 11.4. The topological polar surface area (TPSA) is 46.3 Å². The number of para-hydroxylation sites is 2. The standard InChI is InChI=1S/C56H92N3O/c1-5-7-9-11-13-15-17-19-21-23-25-27-29-31-33-37-46-58-51-45-44-49(57)48-50(51)56(3,4)54(58)42-39-43-55-59(52-40-35-36-41-53(52)60-55)47-38-34-32-30-28-26-24-22-20-18-16-14-12-10-8-6-2/h35-36,39-45,48H,5-34,37-38,46-47,57H2,1-4H3/q+1. The first-order chi connectivity index (χ1) is 29.5. The van der Waals surface area contributed by atoms with Gasteiger partial charge in [0.2, 0.25) is 5.58 Å². The molecule has 1 aliphatic rings. The fourth-order valence-electron chi connectivity index (χ4n) is 9.70. The van der Waals surface area contributed by atoms with E-state index in [0.717, 1.165) is 30.3 Å². The summed E-state index contributed by atoms with van der Waals surface area (Å²) >= 11 is 0. The van der Waals surface area contributed by atoms with Gasteiger partial charge in [-0.3, -0.25) is 0 Å². The Morgan fingerprint density at radius 3 is 1.52 bits per heavy atom. The molecule has 4 rings (SSSR count). The van der Waals surface area contributed by atoms with Crippen molar-refractivity contribution in [1.29, 1.82) is 0 Å². The molecule has 4 nitrogen and oxygen atoms in total. The molecule has 0 fully saturated rings. The lowest BCUT2D eigenvalue weighted by Gasteiger charge is -2.27. The molecule has 1 aromatic heterocycles. The van der Waals surface area contributed by atoms with Crippen LogP contribution in [-0.4, -0.2) is 6.54 Å². The number of aromatic nitrogens is 1. The maximum absolute atomic E-state index is 6.48. The van der Waals surface area contributed by atoms with E-state index in [4.69, 9.17) is 10.2 Å². The highest BCUT2D eigenvalue weighted by atomic mass is 16.3. The zero-order valence-corrected chi connectivity index (χ0v) is 39.7. The van der Waals surface area contributed by atoms with Crippen molar-refractivity contribution >= 4 is 28.6 Å². The third-order valence-corrected chi connectivity index (χ3v) is 13.5. The van der Waals surface area contributed by atoms with Crippen LogP contribution in [-0.2, 0) is 12.0 Å². The fraction of sp³-hybridized carbons (Fsp3) is 0.696. The molecule has 0 amide bonds. The van der Waals surface area contributed by atoms with Gasteiger partial charge in [-0.25, -0.2) is 0 Å². The first-order valence-electron chi connectivity index (χ1n) is 25.9. The largest absolute Gasteiger partial charge is 0.399 e. The molecule has 336 valence electrons. The maximum Gasteiger partial charge on any atom is 0.374 e. The second kappa shape index (κ2) is 30.1. The molecule has 0 atom stereocenters. The number of rotatable bonds is 36. The van der Waals surface area contributed by atoms with Gasteiger partial charge < -0.3 is 15.1 Å². The zero-order valence-electron chi connectivity index (χ0n) is 39.7. The predicted octanol–water partition coefficient (Wildman–Crippen LogP) is 17.5. The highest BCUT2D eigenvalue weighted by Gasteiger charge is 2.39. The number of nitrogens with zero attached hydrogens (tertiary/aromatic N) is 2. The minimum atomic E-state index is -0.124. The first kappa shape index (κ1) is 49.6. The molecule has 0 radical (unpaired) electrons. The average molecular weight is 823 g/mol. The van der Waals surface area contributed by atoms with Crippen molar-refractivity contribution in [3.63, 3.8) is 0 Å². The van der Waals surface area contributed by atoms with Gasteiger partial charge in [0.1, 0.15) is 0 Å². The highest BCUT2D eigenvalue weighted by Crippen LogP contribution is 2.48. The first-order valence-corrected chi connectivity index (χ1v) is 25.9. The Bertz CT molecular complexity index is 1610. The molecule has 2 heterocycles. The van der Waals surface area contributed by atoms with Crippen LogP contribution in [0.15, 0.2) is 64.7 Å². The van der Waals surface area contributed by atoms with E-state index in [1.165, 1.54) is 228 Å². The van der Waals surface area contributed by atoms with Gasteiger partial charge in [-0.1, -0.05) is 232 Å². The van der Waals surface area contributed by atoms with Gasteiger partial charge in [0.05, 0.1) is 6.08 Å². The van der Waals surface area contributed by atoms with Crippen molar-refractivity contribution in [2.75, 3.05) is 17.2 Å². The molecule has 0 bridgehead atoms. The van der Waals surface area contributed by atoms with E-state index in [2.05, 4.69) is 97.9 Å². The molecule has 0 aliphatic carbocycles. The Hall–Kier alpha value is -3.01. The van der Waals surface area contributed by atoms with Gasteiger partial charge in [-0.2, -0.15) is 4.57 Å². The summed E-state index contributed by atoms with van der Waals surface area (Å²) < 4.78 is 8.88. The minimum Gasteiger partial charge on any atom is -0.399 e. The summed E-state index contributed by atoms with van der Waals surface area (Å²) in [5, 5.41) is 0. The third-order valence-electron chi connectivity index (χ3n) is 13.5. The summed E-state index contributed by atoms with van der Waals surface area (Å²) in [6.07, 6.45) is 51.4. The lowest BCUT2D eigenvalue weighted by Crippen LogP contribution is -2.35. The molecule has 3 aromatic rings. The second-order valence-electron chi connectivity index (χ2n) is 19.1. The van der Waals surface area contributed by atoms with Crippen LogP contribution in [0, 0.1) is 0 Å². The summed E-state index contributed by atoms with van der Waals surface area (Å²) in [5.74, 6) is 0.941. The summed E-state index contributed by atoms with van der Waals surface area (Å²) in [7, 11) is 0. The molecular weight excluding hydrogens is 731 g/mol. The number of unbranched alkanes of at least 4 members (excludes halogenated alkanes) is 30. The normalized spacial score (nSPS) is 14.4. The van der Waals surface area contributed by atoms with Gasteiger partial charge >= 0.3 is 5.89 Å². The van der Waals surface area contributed by atoms with Crippen molar-refractivity contribution < 1.29 is 8.98 Å². The third kappa shape index (κ3) is 17.8. The van der Waals surface area contributed by atoms with E-state index in [0.29, 0.717) is 0 Å². The van der Waals surface area contributed by atoms with E-state index in [1.807, 2.05) is 0 Å². The summed E-state index contributed by atoms with van der Waals surface area (Å²) in [6, 6.07) is 15.1. The number of fused-ring (bicyclic) bond motifs is 2. The number of oxazole rings is 1. The van der Waals surface area contributed by atoms with Crippen molar-refractivity contribution in [2.24, 2.45) is 0 Å². The number of benzene rings is 2. The fourth-order valence-corrected chi connectivity index (χ4v) is 9.70. The van der Waals surface area contributed by atoms with Crippen LogP contribution in [0.1, 0.15) is 245 Å². The van der Waals surface area contributed by atoms with Gasteiger partial charge in [0.15, 0.2) is 6.54 Å². The van der Waals surface area contributed by atoms with E-state index in [1.54, 1.807) is 0 Å². The smallest absolute Gasteiger partial charge is 0.374 e. The van der Waals surface area contributed by atoms with Crippen molar-refractivity contribution in [3.8, 4) is 0 Å². The van der Waals surface area contributed by atoms with Crippen LogP contribution in [0.25, 0.3) is 17.2 Å². The highest BCUT2D eigenvalue weighted by molar-refractivity contribution is 5.74. The zero-order chi connectivity index (χ0) is 42.5. The van der Waals surface area contributed by atoms with Crippen molar-refractivity contribution in [3.05, 3.63) is 71.8 Å². The van der Waals surface area contributed by atoms with Crippen molar-refractivity contribution in [2.45, 2.75) is 245 Å². The summed E-state index contributed by atoms with van der Waals surface area (Å²) in [5.41, 5.74) is 13.2. The SMILES string of the molecule is CCCCCCCCCCCCCCCCCCN1/C(=C/C=C/c2oc3ccccc3[n+]2CCCCCCCCCCCCCCCCCC)C(C)(C)c2cc(N)ccc21. The Morgan fingerprint density at radius 2 is 1.02 bits per heavy atom. The minimum absolute atomic E-state index is 0.124. The maximum atomic E-state index is 6.48. The molecule has 1 aliphatic heterocycles. The lowest BCUT2D eigenvalue weighted by atomic mass is 9.83. The Balaban J connectivity index is 1.20. The number of hydrogen-bond donors (Lipinski definition) is 1. The van der Waals surface area contributed by atoms with E-state index < -0.39 is 0 Å². The number of anilines is 2. The van der Waals surface area contributed by atoms with Crippen LogP contribution in [0.5, 0.6) is 0 Å². The van der Waals surface area contributed by atoms with Gasteiger partial charge in [0.25, 0.3) is 5.52 Å². The van der Waals surface area contributed by atoms with Crippen LogP contribution in [0.4, 0.5) is 11.4 Å². The summed E-state index contributed by atoms with van der Waals surface area (Å²) in [4.78, 5) is 2.58. The van der Waals surface area contributed by atoms with E-state index in [-0.39, 0.29) is 5.41 Å². The molecule has 0 saturated heterocycles. The van der Waals surface area contributed by atoms with E-state index >= 15 is 0 Å². The van der Waals surface area contributed by atoms with Crippen molar-refractivity contribution in [1.82, 2.24) is 0 Å². The van der Waals surface area contributed by atoms with Gasteiger partial charge in [-0.15, -0.1) is 0 Å². The molecule has 0 unspecified atom stereocenters. The molecule has 2 N–H and O–H groups in total. The lowest BCUT2D eigenvalue weighted by molar-refractivity contribution is -0.678. The number of aryl methyl sites for hydroxylation is 1. The molecular formula is C56H92N3O+. The van der Waals surface area contributed by atoms with E-state index in [9.17, 15) is 0 Å². The number of allylic oxidation sites excluding steroid dienone is 3. The Labute approximate surface area is 370 Å². The monoisotopic (exact) mass is 823 g/mol. The van der Waals surface area contributed by atoms with Gasteiger partial charge in [-0.05, 0) is 48.7 Å². The molecule has 2 aromatic carbocycles. The van der Waals surface area contributed by atoms with Crippen LogP contribution in [0.3, 0.4) is 0 Å². The number of nitrogens with two attached hydrogens (primary N) is 1. The molecule has 0 saturated carbocycles. The van der Waals surface area contributed by atoms with Crippen LogP contribution >= 0.6 is 0 Å². The average Bonchev–Trinajstić information content (AvgIpc) is 3.70. The quantitative estimate of drug-likeness (QED) is 0.0361. The second-order valence-corrected chi connectivity index (χ2v) is 19.1.